The van der Waals surface area contributed by atoms with Crippen LogP contribution in [0.25, 0.3) is 0 Å². The number of carboxylic acids is 1. The maximum Gasteiger partial charge on any atom is 0.490 e. The van der Waals surface area contributed by atoms with Crippen molar-refractivity contribution in [3.8, 4) is 0 Å². The van der Waals surface area contributed by atoms with Crippen LogP contribution >= 0.6 is 0 Å². The second-order valence-corrected chi connectivity index (χ2v) is 8.24. The monoisotopic (exact) mass is 422 g/mol. The third-order valence-corrected chi connectivity index (χ3v) is 6.32. The van der Waals surface area contributed by atoms with E-state index in [4.69, 9.17) is 19.5 Å². The number of hydroxylamine groups is 2. The molecule has 166 valence electrons. The van der Waals surface area contributed by atoms with Crippen LogP contribution in [0.4, 0.5) is 13.2 Å². The first kappa shape index (κ1) is 22.3. The van der Waals surface area contributed by atoms with Crippen molar-refractivity contribution in [1.82, 2.24) is 9.96 Å². The van der Waals surface area contributed by atoms with Crippen LogP contribution in [-0.2, 0) is 19.2 Å². The topological polar surface area (TPSA) is 79.3 Å². The van der Waals surface area contributed by atoms with Gasteiger partial charge in [0.2, 0.25) is 0 Å². The minimum Gasteiger partial charge on any atom is -0.475 e. The van der Waals surface area contributed by atoms with E-state index < -0.39 is 12.1 Å². The highest BCUT2D eigenvalue weighted by molar-refractivity contribution is 5.78. The molecule has 7 nitrogen and oxygen atoms in total. The fraction of sp³-hybridized carbons (Fsp3) is 0.895. The van der Waals surface area contributed by atoms with Gasteiger partial charge >= 0.3 is 12.1 Å². The zero-order valence-corrected chi connectivity index (χ0v) is 16.4. The maximum atomic E-state index is 12.8. The Labute approximate surface area is 168 Å². The van der Waals surface area contributed by atoms with E-state index in [1.165, 1.54) is 25.7 Å². The number of aliphatic carboxylic acids is 1. The summed E-state index contributed by atoms with van der Waals surface area (Å²) in [7, 11) is 0. The van der Waals surface area contributed by atoms with E-state index in [-0.39, 0.29) is 11.8 Å². The normalized spacial score (nSPS) is 31.1. The summed E-state index contributed by atoms with van der Waals surface area (Å²) < 4.78 is 37.5. The molecule has 10 heteroatoms. The average molecular weight is 422 g/mol. The highest BCUT2D eigenvalue weighted by Gasteiger charge is 2.47. The van der Waals surface area contributed by atoms with Gasteiger partial charge in [-0.1, -0.05) is 12.8 Å². The van der Waals surface area contributed by atoms with Crippen LogP contribution in [0.1, 0.15) is 38.5 Å². The molecule has 1 aliphatic carbocycles. The standard InChI is InChI=1S/C17H28N2O3.C2HF3O2/c20-17(19-7-3-4-8-22-19)16-12-21-11-13-9-18(10-15(13)16)14-5-1-2-6-14;3-2(4,5)1(6)7/h13-16H,1-12H2;(H,6,7)/t13-,15-,16+;/m1./s1. The van der Waals surface area contributed by atoms with Crippen LogP contribution in [0, 0.1) is 17.8 Å². The van der Waals surface area contributed by atoms with Crippen molar-refractivity contribution in [2.24, 2.45) is 17.8 Å². The second-order valence-electron chi connectivity index (χ2n) is 8.24. The molecule has 3 heterocycles. The van der Waals surface area contributed by atoms with Crippen molar-refractivity contribution in [3.63, 3.8) is 0 Å². The van der Waals surface area contributed by atoms with E-state index in [9.17, 15) is 18.0 Å². The molecule has 0 unspecified atom stereocenters. The molecule has 3 aliphatic heterocycles. The Kier molecular flexibility index (Phi) is 7.39. The second kappa shape index (κ2) is 9.61. The number of halogens is 3. The van der Waals surface area contributed by atoms with Gasteiger partial charge < -0.3 is 9.84 Å². The average Bonchev–Trinajstić information content (AvgIpc) is 3.37. The van der Waals surface area contributed by atoms with Crippen LogP contribution < -0.4 is 0 Å². The number of hydrogen-bond donors (Lipinski definition) is 1. The molecule has 3 saturated heterocycles. The molecule has 3 atom stereocenters. The van der Waals surface area contributed by atoms with Gasteiger partial charge in [-0.05, 0) is 37.5 Å². The van der Waals surface area contributed by atoms with Gasteiger partial charge in [0, 0.05) is 25.7 Å². The highest BCUT2D eigenvalue weighted by atomic mass is 19.4. The molecule has 29 heavy (non-hydrogen) atoms. The number of nitrogens with zero attached hydrogens (tertiary/aromatic N) is 2. The number of ether oxygens (including phenoxy) is 1. The Morgan fingerprint density at radius 1 is 1.00 bits per heavy atom. The number of rotatable bonds is 2. The number of fused-ring (bicyclic) bond motifs is 1. The molecule has 4 aliphatic rings. The zero-order valence-electron chi connectivity index (χ0n) is 16.4. The summed E-state index contributed by atoms with van der Waals surface area (Å²) in [6.45, 7) is 5.06. The summed E-state index contributed by atoms with van der Waals surface area (Å²) >= 11 is 0. The lowest BCUT2D eigenvalue weighted by atomic mass is 9.82. The maximum absolute atomic E-state index is 12.8. The van der Waals surface area contributed by atoms with Crippen molar-refractivity contribution in [3.05, 3.63) is 0 Å². The van der Waals surface area contributed by atoms with Crippen molar-refractivity contribution >= 4 is 11.9 Å². The van der Waals surface area contributed by atoms with E-state index in [1.54, 1.807) is 5.06 Å². The highest BCUT2D eigenvalue weighted by Crippen LogP contribution is 2.38. The van der Waals surface area contributed by atoms with E-state index >= 15 is 0 Å². The number of carbonyl (C=O) groups is 2. The third-order valence-electron chi connectivity index (χ3n) is 6.32. The molecule has 1 N–H and O–H groups in total. The third kappa shape index (κ3) is 5.61. The minimum absolute atomic E-state index is 0.00301. The van der Waals surface area contributed by atoms with Crippen LogP contribution in [-0.4, -0.2) is 78.6 Å². The number of likely N-dealkylation sites (tertiary alicyclic amines) is 1. The first-order valence-corrected chi connectivity index (χ1v) is 10.3. The summed E-state index contributed by atoms with van der Waals surface area (Å²) in [5, 5.41) is 8.75. The molecule has 0 aromatic carbocycles. The first-order chi connectivity index (χ1) is 13.8. The minimum atomic E-state index is -5.08. The summed E-state index contributed by atoms with van der Waals surface area (Å²) in [5.41, 5.74) is 0. The predicted octanol–water partition coefficient (Wildman–Crippen LogP) is 2.31. The van der Waals surface area contributed by atoms with Crippen LogP contribution in [0.15, 0.2) is 0 Å². The van der Waals surface area contributed by atoms with Crippen LogP contribution in [0.3, 0.4) is 0 Å². The Balaban J connectivity index is 0.000000298. The lowest BCUT2D eigenvalue weighted by molar-refractivity contribution is -0.207. The first-order valence-electron chi connectivity index (χ1n) is 10.3. The van der Waals surface area contributed by atoms with Gasteiger partial charge in [-0.15, -0.1) is 0 Å². The van der Waals surface area contributed by atoms with Crippen molar-refractivity contribution in [1.29, 1.82) is 0 Å². The fourth-order valence-electron chi connectivity index (χ4n) is 4.81. The molecular formula is C19H29F3N2O5. The van der Waals surface area contributed by atoms with Crippen molar-refractivity contribution in [2.45, 2.75) is 50.7 Å². The molecule has 0 bridgehead atoms. The quantitative estimate of drug-likeness (QED) is 0.736. The molecule has 1 saturated carbocycles. The Bertz CT molecular complexity index is 577. The van der Waals surface area contributed by atoms with Crippen molar-refractivity contribution < 1.29 is 37.4 Å². The van der Waals surface area contributed by atoms with Gasteiger partial charge in [0.05, 0.1) is 25.7 Å². The number of hydrogen-bond acceptors (Lipinski definition) is 5. The number of alkyl halides is 3. The zero-order chi connectivity index (χ0) is 21.0. The lowest BCUT2D eigenvalue weighted by Crippen LogP contribution is -2.47. The largest absolute Gasteiger partial charge is 0.490 e. The van der Waals surface area contributed by atoms with E-state index in [2.05, 4.69) is 4.90 Å². The number of carboxylic acid groups (broad SMARTS) is 1. The lowest BCUT2D eigenvalue weighted by Gasteiger charge is -2.36. The van der Waals surface area contributed by atoms with E-state index in [1.807, 2.05) is 0 Å². The Hall–Kier alpha value is -1.39. The molecular weight excluding hydrogens is 393 g/mol. The van der Waals surface area contributed by atoms with Gasteiger partial charge in [-0.25, -0.2) is 9.86 Å². The Morgan fingerprint density at radius 2 is 1.69 bits per heavy atom. The van der Waals surface area contributed by atoms with Gasteiger partial charge in [0.25, 0.3) is 5.91 Å². The van der Waals surface area contributed by atoms with Gasteiger partial charge in [0.15, 0.2) is 0 Å². The van der Waals surface area contributed by atoms with E-state index in [0.717, 1.165) is 45.1 Å². The summed E-state index contributed by atoms with van der Waals surface area (Å²) in [4.78, 5) is 30.0. The van der Waals surface area contributed by atoms with Gasteiger partial charge in [-0.2, -0.15) is 13.2 Å². The molecule has 0 aromatic heterocycles. The molecule has 4 fully saturated rings. The molecule has 4 rings (SSSR count). The van der Waals surface area contributed by atoms with Crippen LogP contribution in [0.2, 0.25) is 0 Å². The van der Waals surface area contributed by atoms with Gasteiger partial charge in [-0.3, -0.25) is 14.5 Å². The number of carbonyl (C=O) groups excluding carboxylic acids is 1. The number of amides is 1. The van der Waals surface area contributed by atoms with E-state index in [0.29, 0.717) is 25.0 Å². The molecule has 0 aromatic rings. The summed E-state index contributed by atoms with van der Waals surface area (Å²) in [5.74, 6) is -1.58. The molecule has 0 radical (unpaired) electrons. The molecule has 1 amide bonds. The molecule has 0 spiro atoms. The summed E-state index contributed by atoms with van der Waals surface area (Å²) in [6.07, 6.45) is 2.46. The SMILES string of the molecule is O=C(O)C(F)(F)F.O=C([C@H]1COC[C@H]2CN(C3CCCC3)C[C@H]21)N1CCCCO1. The smallest absolute Gasteiger partial charge is 0.475 e. The fourth-order valence-corrected chi connectivity index (χ4v) is 4.81. The van der Waals surface area contributed by atoms with Crippen LogP contribution in [0.5, 0.6) is 0 Å². The predicted molar refractivity (Wildman–Crippen MR) is 95.7 cm³/mol. The Morgan fingerprint density at radius 3 is 2.28 bits per heavy atom. The summed E-state index contributed by atoms with van der Waals surface area (Å²) in [6, 6.07) is 0.757. The van der Waals surface area contributed by atoms with Gasteiger partial charge in [0.1, 0.15) is 0 Å². The van der Waals surface area contributed by atoms with Crippen molar-refractivity contribution in [2.75, 3.05) is 39.5 Å².